The van der Waals surface area contributed by atoms with E-state index >= 15 is 0 Å². The van der Waals surface area contributed by atoms with Gasteiger partial charge in [0, 0.05) is 12.1 Å². The van der Waals surface area contributed by atoms with Crippen molar-refractivity contribution in [1.29, 1.82) is 0 Å². The Morgan fingerprint density at radius 1 is 1.06 bits per heavy atom. The lowest BCUT2D eigenvalue weighted by Gasteiger charge is -2.29. The first-order valence-electron chi connectivity index (χ1n) is 7.87. The Bertz CT molecular complexity index is 201. The lowest BCUT2D eigenvalue weighted by molar-refractivity contribution is 0.191. The van der Waals surface area contributed by atoms with Gasteiger partial charge in [-0.3, -0.25) is 0 Å². The van der Waals surface area contributed by atoms with Gasteiger partial charge >= 0.3 is 0 Å². The minimum atomic E-state index is 0.883. The summed E-state index contributed by atoms with van der Waals surface area (Å²) in [5, 5.41) is 3.61. The van der Waals surface area contributed by atoms with Gasteiger partial charge < -0.3 is 10.2 Å². The molecule has 1 unspecified atom stereocenters. The predicted octanol–water partition coefficient (Wildman–Crippen LogP) is 3.17. The Morgan fingerprint density at radius 2 is 1.94 bits per heavy atom. The molecule has 1 saturated carbocycles. The van der Waals surface area contributed by atoms with Crippen LogP contribution in [-0.2, 0) is 0 Å². The normalized spacial score (nSPS) is 27.0. The van der Waals surface area contributed by atoms with E-state index in [1.165, 1.54) is 77.4 Å². The standard InChI is InChI=1S/C15H30N2/c1-2-15-8-4-3-6-12-17(15)13-7-5-11-16-14-9-10-14/h14-16H,2-13H2,1H3. The third-order valence-corrected chi connectivity index (χ3v) is 4.35. The predicted molar refractivity (Wildman–Crippen MR) is 74.4 cm³/mol. The summed E-state index contributed by atoms with van der Waals surface area (Å²) in [5.74, 6) is 0. The summed E-state index contributed by atoms with van der Waals surface area (Å²) >= 11 is 0. The minimum Gasteiger partial charge on any atom is -0.314 e. The quantitative estimate of drug-likeness (QED) is 0.685. The number of unbranched alkanes of at least 4 members (excludes halogenated alkanes) is 1. The highest BCUT2D eigenvalue weighted by atomic mass is 15.1. The van der Waals surface area contributed by atoms with E-state index < -0.39 is 0 Å². The van der Waals surface area contributed by atoms with Crippen molar-refractivity contribution in [2.24, 2.45) is 0 Å². The molecule has 0 bridgehead atoms. The van der Waals surface area contributed by atoms with E-state index in [9.17, 15) is 0 Å². The number of rotatable bonds is 7. The molecule has 0 aromatic carbocycles. The van der Waals surface area contributed by atoms with Crippen LogP contribution in [0.4, 0.5) is 0 Å². The molecule has 1 atom stereocenters. The average Bonchev–Trinajstić information content (AvgIpc) is 3.15. The fourth-order valence-electron chi connectivity index (χ4n) is 3.03. The van der Waals surface area contributed by atoms with Gasteiger partial charge in [0.25, 0.3) is 0 Å². The molecule has 2 fully saturated rings. The van der Waals surface area contributed by atoms with Crippen LogP contribution in [0, 0.1) is 0 Å². The molecule has 0 aromatic rings. The maximum atomic E-state index is 3.61. The van der Waals surface area contributed by atoms with Gasteiger partial charge in [0.15, 0.2) is 0 Å². The zero-order valence-electron chi connectivity index (χ0n) is 11.6. The Labute approximate surface area is 107 Å². The Morgan fingerprint density at radius 3 is 2.71 bits per heavy atom. The molecule has 2 heteroatoms. The van der Waals surface area contributed by atoms with Gasteiger partial charge in [-0.15, -0.1) is 0 Å². The van der Waals surface area contributed by atoms with Crippen LogP contribution < -0.4 is 5.32 Å². The molecular weight excluding hydrogens is 208 g/mol. The second kappa shape index (κ2) is 7.38. The topological polar surface area (TPSA) is 15.3 Å². The molecular formula is C15H30N2. The van der Waals surface area contributed by atoms with E-state index in [0.29, 0.717) is 0 Å². The van der Waals surface area contributed by atoms with E-state index in [-0.39, 0.29) is 0 Å². The van der Waals surface area contributed by atoms with E-state index in [2.05, 4.69) is 17.1 Å². The fourth-order valence-corrected chi connectivity index (χ4v) is 3.03. The van der Waals surface area contributed by atoms with Crippen molar-refractivity contribution in [3.8, 4) is 0 Å². The highest BCUT2D eigenvalue weighted by molar-refractivity contribution is 4.80. The Kier molecular flexibility index (Phi) is 5.79. The number of hydrogen-bond acceptors (Lipinski definition) is 2. The van der Waals surface area contributed by atoms with E-state index in [1.807, 2.05) is 0 Å². The van der Waals surface area contributed by atoms with Crippen molar-refractivity contribution in [3.63, 3.8) is 0 Å². The van der Waals surface area contributed by atoms with E-state index in [0.717, 1.165) is 12.1 Å². The van der Waals surface area contributed by atoms with Gasteiger partial charge in [-0.1, -0.05) is 19.8 Å². The van der Waals surface area contributed by atoms with Gasteiger partial charge in [0.05, 0.1) is 0 Å². The summed E-state index contributed by atoms with van der Waals surface area (Å²) in [6.07, 6.45) is 12.7. The monoisotopic (exact) mass is 238 g/mol. The molecule has 1 saturated heterocycles. The first kappa shape index (κ1) is 13.4. The van der Waals surface area contributed by atoms with Crippen molar-refractivity contribution < 1.29 is 0 Å². The summed E-state index contributed by atoms with van der Waals surface area (Å²) in [5.41, 5.74) is 0. The number of likely N-dealkylation sites (tertiary alicyclic amines) is 1. The van der Waals surface area contributed by atoms with Crippen LogP contribution in [0.3, 0.4) is 0 Å². The molecule has 2 aliphatic rings. The largest absolute Gasteiger partial charge is 0.314 e. The van der Waals surface area contributed by atoms with Gasteiger partial charge in [-0.25, -0.2) is 0 Å². The number of nitrogens with one attached hydrogen (secondary N) is 1. The van der Waals surface area contributed by atoms with Crippen LogP contribution in [0.25, 0.3) is 0 Å². The van der Waals surface area contributed by atoms with Crippen LogP contribution in [0.15, 0.2) is 0 Å². The number of hydrogen-bond donors (Lipinski definition) is 1. The van der Waals surface area contributed by atoms with Crippen molar-refractivity contribution >= 4 is 0 Å². The molecule has 1 heterocycles. The van der Waals surface area contributed by atoms with Crippen molar-refractivity contribution in [2.75, 3.05) is 19.6 Å². The second-order valence-corrected chi connectivity index (χ2v) is 5.88. The maximum Gasteiger partial charge on any atom is 0.00926 e. The van der Waals surface area contributed by atoms with Gasteiger partial charge in [0.1, 0.15) is 0 Å². The first-order chi connectivity index (χ1) is 8.40. The van der Waals surface area contributed by atoms with E-state index in [1.54, 1.807) is 0 Å². The average molecular weight is 238 g/mol. The molecule has 0 amide bonds. The van der Waals surface area contributed by atoms with Gasteiger partial charge in [-0.2, -0.15) is 0 Å². The molecule has 100 valence electrons. The maximum absolute atomic E-state index is 3.61. The molecule has 1 aliphatic carbocycles. The molecule has 1 N–H and O–H groups in total. The Hall–Kier alpha value is -0.0800. The number of nitrogens with zero attached hydrogens (tertiary/aromatic N) is 1. The molecule has 1 aliphatic heterocycles. The van der Waals surface area contributed by atoms with Crippen LogP contribution in [0.1, 0.15) is 64.7 Å². The highest BCUT2D eigenvalue weighted by Crippen LogP contribution is 2.20. The highest BCUT2D eigenvalue weighted by Gasteiger charge is 2.20. The Balaban J connectivity index is 1.57. The fraction of sp³-hybridized carbons (Fsp3) is 1.00. The zero-order valence-corrected chi connectivity index (χ0v) is 11.6. The summed E-state index contributed by atoms with van der Waals surface area (Å²) in [7, 11) is 0. The summed E-state index contributed by atoms with van der Waals surface area (Å²) in [6, 6.07) is 1.77. The summed E-state index contributed by atoms with van der Waals surface area (Å²) in [6.45, 7) is 6.30. The lowest BCUT2D eigenvalue weighted by atomic mass is 10.1. The van der Waals surface area contributed by atoms with Crippen LogP contribution in [0.2, 0.25) is 0 Å². The van der Waals surface area contributed by atoms with Crippen LogP contribution in [-0.4, -0.2) is 36.6 Å². The van der Waals surface area contributed by atoms with Crippen molar-refractivity contribution in [3.05, 3.63) is 0 Å². The van der Waals surface area contributed by atoms with Crippen LogP contribution >= 0.6 is 0 Å². The van der Waals surface area contributed by atoms with Gasteiger partial charge in [-0.05, 0) is 64.6 Å². The SMILES string of the molecule is CCC1CCCCCN1CCCCNC1CC1. The third-order valence-electron chi connectivity index (χ3n) is 4.35. The second-order valence-electron chi connectivity index (χ2n) is 5.88. The summed E-state index contributed by atoms with van der Waals surface area (Å²) < 4.78 is 0. The zero-order chi connectivity index (χ0) is 11.9. The minimum absolute atomic E-state index is 0.883. The molecule has 2 rings (SSSR count). The molecule has 17 heavy (non-hydrogen) atoms. The first-order valence-corrected chi connectivity index (χ1v) is 7.87. The van der Waals surface area contributed by atoms with Crippen LogP contribution in [0.5, 0.6) is 0 Å². The lowest BCUT2D eigenvalue weighted by Crippen LogP contribution is -2.35. The molecule has 0 aromatic heterocycles. The molecule has 2 nitrogen and oxygen atoms in total. The molecule has 0 spiro atoms. The summed E-state index contributed by atoms with van der Waals surface area (Å²) in [4.78, 5) is 2.77. The third kappa shape index (κ3) is 4.97. The molecule has 0 radical (unpaired) electrons. The van der Waals surface area contributed by atoms with E-state index in [4.69, 9.17) is 0 Å². The van der Waals surface area contributed by atoms with Gasteiger partial charge in [0.2, 0.25) is 0 Å². The van der Waals surface area contributed by atoms with Crippen molar-refractivity contribution in [2.45, 2.75) is 76.8 Å². The van der Waals surface area contributed by atoms with Crippen molar-refractivity contribution in [1.82, 2.24) is 10.2 Å². The smallest absolute Gasteiger partial charge is 0.00926 e.